The first kappa shape index (κ1) is 15.2. The van der Waals surface area contributed by atoms with E-state index in [9.17, 15) is 5.11 Å². The average molecular weight is 270 g/mol. The van der Waals surface area contributed by atoms with Crippen LogP contribution in [0.3, 0.4) is 0 Å². The van der Waals surface area contributed by atoms with Crippen molar-refractivity contribution < 1.29 is 9.84 Å². The summed E-state index contributed by atoms with van der Waals surface area (Å²) in [5.41, 5.74) is -0.0193. The molecule has 2 aliphatic rings. The Morgan fingerprint density at radius 1 is 1.32 bits per heavy atom. The largest absolute Gasteiger partial charge is 0.396 e. The summed E-state index contributed by atoms with van der Waals surface area (Å²) in [6.45, 7) is 8.62. The fourth-order valence-electron chi connectivity index (χ4n) is 3.53. The summed E-state index contributed by atoms with van der Waals surface area (Å²) in [6, 6.07) is 0.623. The minimum Gasteiger partial charge on any atom is -0.396 e. The molecular weight excluding hydrogens is 240 g/mol. The topological polar surface area (TPSA) is 35.9 Å². The van der Waals surface area contributed by atoms with E-state index in [0.717, 1.165) is 45.7 Å². The van der Waals surface area contributed by atoms with Gasteiger partial charge in [-0.2, -0.15) is 0 Å². The molecule has 1 N–H and O–H groups in total. The van der Waals surface area contributed by atoms with Gasteiger partial charge in [0.2, 0.25) is 0 Å². The van der Waals surface area contributed by atoms with Crippen molar-refractivity contribution in [3.05, 3.63) is 0 Å². The van der Waals surface area contributed by atoms with E-state index >= 15 is 0 Å². The molecule has 0 amide bonds. The SMILES string of the molecule is CCC1CN(C)CCCN1CC1(CO)CCCOC1. The Morgan fingerprint density at radius 2 is 2.16 bits per heavy atom. The van der Waals surface area contributed by atoms with Gasteiger partial charge in [-0.3, -0.25) is 4.90 Å². The molecule has 2 heterocycles. The van der Waals surface area contributed by atoms with Crippen molar-refractivity contribution in [2.45, 2.75) is 38.6 Å². The molecule has 19 heavy (non-hydrogen) atoms. The fourth-order valence-corrected chi connectivity index (χ4v) is 3.53. The van der Waals surface area contributed by atoms with Crippen LogP contribution in [-0.4, -0.2) is 74.0 Å². The van der Waals surface area contributed by atoms with Gasteiger partial charge in [-0.05, 0) is 45.8 Å². The number of rotatable bonds is 4. The Morgan fingerprint density at radius 3 is 2.79 bits per heavy atom. The van der Waals surface area contributed by atoms with Crippen molar-refractivity contribution >= 4 is 0 Å². The molecule has 0 bridgehead atoms. The van der Waals surface area contributed by atoms with Crippen molar-refractivity contribution in [1.82, 2.24) is 9.80 Å². The van der Waals surface area contributed by atoms with E-state index in [4.69, 9.17) is 4.74 Å². The quantitative estimate of drug-likeness (QED) is 0.832. The number of hydrogen-bond acceptors (Lipinski definition) is 4. The second-order valence-corrected chi connectivity index (χ2v) is 6.46. The highest BCUT2D eigenvalue weighted by atomic mass is 16.5. The number of hydrogen-bond donors (Lipinski definition) is 1. The molecule has 2 unspecified atom stereocenters. The molecule has 2 aliphatic heterocycles. The maximum absolute atomic E-state index is 9.84. The standard InChI is InChI=1S/C15H30N2O2/c1-3-14-10-16(2)7-5-8-17(14)11-15(12-18)6-4-9-19-13-15/h14,18H,3-13H2,1-2H3. The van der Waals surface area contributed by atoms with Gasteiger partial charge in [0.25, 0.3) is 0 Å². The van der Waals surface area contributed by atoms with Crippen LogP contribution in [0, 0.1) is 5.41 Å². The highest BCUT2D eigenvalue weighted by Crippen LogP contribution is 2.30. The maximum Gasteiger partial charge on any atom is 0.0556 e. The van der Waals surface area contributed by atoms with Crippen LogP contribution in [0.15, 0.2) is 0 Å². The summed E-state index contributed by atoms with van der Waals surface area (Å²) in [7, 11) is 2.22. The molecule has 2 saturated heterocycles. The molecule has 0 aliphatic carbocycles. The summed E-state index contributed by atoms with van der Waals surface area (Å²) < 4.78 is 5.64. The van der Waals surface area contributed by atoms with Crippen LogP contribution in [0.5, 0.6) is 0 Å². The van der Waals surface area contributed by atoms with E-state index < -0.39 is 0 Å². The lowest BCUT2D eigenvalue weighted by Gasteiger charge is -2.42. The van der Waals surface area contributed by atoms with E-state index in [2.05, 4.69) is 23.8 Å². The van der Waals surface area contributed by atoms with E-state index in [1.54, 1.807) is 0 Å². The molecule has 0 spiro atoms. The monoisotopic (exact) mass is 270 g/mol. The summed E-state index contributed by atoms with van der Waals surface area (Å²) in [5.74, 6) is 0. The Hall–Kier alpha value is -0.160. The van der Waals surface area contributed by atoms with Crippen LogP contribution in [0.1, 0.15) is 32.6 Å². The zero-order valence-corrected chi connectivity index (χ0v) is 12.6. The Bertz CT molecular complexity index is 267. The third-order valence-corrected chi connectivity index (χ3v) is 4.77. The molecule has 112 valence electrons. The molecule has 0 saturated carbocycles. The Labute approximate surface area is 117 Å². The van der Waals surface area contributed by atoms with Crippen molar-refractivity contribution in [2.24, 2.45) is 5.41 Å². The van der Waals surface area contributed by atoms with Crippen LogP contribution < -0.4 is 0 Å². The lowest BCUT2D eigenvalue weighted by Crippen LogP contribution is -2.50. The van der Waals surface area contributed by atoms with Crippen LogP contribution in [0.2, 0.25) is 0 Å². The summed E-state index contributed by atoms with van der Waals surface area (Å²) >= 11 is 0. The van der Waals surface area contributed by atoms with Crippen LogP contribution >= 0.6 is 0 Å². The smallest absolute Gasteiger partial charge is 0.0556 e. The molecule has 2 fully saturated rings. The van der Waals surface area contributed by atoms with Gasteiger partial charge in [-0.1, -0.05) is 6.92 Å². The number of likely N-dealkylation sites (N-methyl/N-ethyl adjacent to an activating group) is 1. The van der Waals surface area contributed by atoms with Gasteiger partial charge >= 0.3 is 0 Å². The third kappa shape index (κ3) is 3.91. The minimum atomic E-state index is -0.0193. The zero-order valence-electron chi connectivity index (χ0n) is 12.6. The highest BCUT2D eigenvalue weighted by molar-refractivity contribution is 4.88. The lowest BCUT2D eigenvalue weighted by molar-refractivity contribution is -0.0607. The highest BCUT2D eigenvalue weighted by Gasteiger charge is 2.36. The number of aliphatic hydroxyl groups excluding tert-OH is 1. The van der Waals surface area contributed by atoms with Gasteiger partial charge in [0.05, 0.1) is 13.2 Å². The maximum atomic E-state index is 9.84. The molecule has 4 heteroatoms. The molecule has 0 aromatic heterocycles. The molecular formula is C15H30N2O2. The van der Waals surface area contributed by atoms with Gasteiger partial charge in [0.1, 0.15) is 0 Å². The van der Waals surface area contributed by atoms with Crippen molar-refractivity contribution in [2.75, 3.05) is 53.0 Å². The third-order valence-electron chi connectivity index (χ3n) is 4.77. The average Bonchev–Trinajstić information content (AvgIpc) is 2.61. The molecule has 2 rings (SSSR count). The molecule has 4 nitrogen and oxygen atoms in total. The van der Waals surface area contributed by atoms with Gasteiger partial charge in [-0.15, -0.1) is 0 Å². The normalized spacial score (nSPS) is 35.2. The predicted molar refractivity (Wildman–Crippen MR) is 77.3 cm³/mol. The second kappa shape index (κ2) is 7.02. The van der Waals surface area contributed by atoms with Gasteiger partial charge < -0.3 is 14.7 Å². The summed E-state index contributed by atoms with van der Waals surface area (Å²) in [4.78, 5) is 5.05. The summed E-state index contributed by atoms with van der Waals surface area (Å²) in [5, 5.41) is 9.84. The van der Waals surface area contributed by atoms with Gasteiger partial charge in [-0.25, -0.2) is 0 Å². The number of aliphatic hydroxyl groups is 1. The van der Waals surface area contributed by atoms with Gasteiger partial charge in [0.15, 0.2) is 0 Å². The summed E-state index contributed by atoms with van der Waals surface area (Å²) in [6.07, 6.45) is 4.61. The first-order valence-electron chi connectivity index (χ1n) is 7.80. The molecule has 0 aromatic carbocycles. The van der Waals surface area contributed by atoms with Crippen LogP contribution in [0.25, 0.3) is 0 Å². The predicted octanol–water partition coefficient (Wildman–Crippen LogP) is 1.19. The van der Waals surface area contributed by atoms with E-state index in [-0.39, 0.29) is 12.0 Å². The number of nitrogens with zero attached hydrogens (tertiary/aromatic N) is 2. The zero-order chi connectivity index (χ0) is 13.7. The lowest BCUT2D eigenvalue weighted by atomic mass is 9.82. The van der Waals surface area contributed by atoms with Gasteiger partial charge in [0, 0.05) is 31.2 Å². The fraction of sp³-hybridized carbons (Fsp3) is 1.00. The second-order valence-electron chi connectivity index (χ2n) is 6.46. The first-order chi connectivity index (χ1) is 9.19. The minimum absolute atomic E-state index is 0.0193. The van der Waals surface area contributed by atoms with Crippen molar-refractivity contribution in [1.29, 1.82) is 0 Å². The molecule has 2 atom stereocenters. The first-order valence-corrected chi connectivity index (χ1v) is 7.80. The Kier molecular flexibility index (Phi) is 5.63. The van der Waals surface area contributed by atoms with Crippen LogP contribution in [0.4, 0.5) is 0 Å². The molecule has 0 radical (unpaired) electrons. The van der Waals surface area contributed by atoms with E-state index in [0.29, 0.717) is 6.04 Å². The number of ether oxygens (including phenoxy) is 1. The molecule has 0 aromatic rings. The van der Waals surface area contributed by atoms with E-state index in [1.807, 2.05) is 0 Å². The van der Waals surface area contributed by atoms with Crippen molar-refractivity contribution in [3.63, 3.8) is 0 Å². The van der Waals surface area contributed by atoms with E-state index in [1.165, 1.54) is 19.4 Å². The van der Waals surface area contributed by atoms with Crippen LogP contribution in [-0.2, 0) is 4.74 Å². The Balaban J connectivity index is 2.01. The van der Waals surface area contributed by atoms with Crippen molar-refractivity contribution in [3.8, 4) is 0 Å².